The van der Waals surface area contributed by atoms with Crippen LogP contribution in [-0.4, -0.2) is 23.0 Å². The number of halogens is 3. The molecule has 23 heavy (non-hydrogen) atoms. The van der Waals surface area contributed by atoms with Crippen molar-refractivity contribution in [2.24, 2.45) is 4.99 Å². The second kappa shape index (κ2) is 6.18. The number of nitrogens with one attached hydrogen (secondary N) is 1. The lowest BCUT2D eigenvalue weighted by Crippen LogP contribution is -2.34. The van der Waals surface area contributed by atoms with Gasteiger partial charge in [-0.15, -0.1) is 0 Å². The maximum Gasteiger partial charge on any atom is 0.433 e. The highest BCUT2D eigenvalue weighted by Crippen LogP contribution is 2.35. The molecule has 0 saturated carbocycles. The molecule has 1 unspecified atom stereocenters. The van der Waals surface area contributed by atoms with Gasteiger partial charge >= 0.3 is 6.18 Å². The van der Waals surface area contributed by atoms with E-state index in [1.807, 2.05) is 6.07 Å². The zero-order chi connectivity index (χ0) is 16.4. The number of alkyl halides is 3. The van der Waals surface area contributed by atoms with Crippen LogP contribution in [0, 0.1) is 0 Å². The maximum atomic E-state index is 13.4. The minimum Gasteiger partial charge on any atom is -0.363 e. The number of aromatic nitrogens is 1. The summed E-state index contributed by atoms with van der Waals surface area (Å²) in [6.07, 6.45) is -0.324. The molecule has 1 N–H and O–H groups in total. The monoisotopic (exact) mass is 321 g/mol. The predicted molar refractivity (Wildman–Crippen MR) is 85.9 cm³/mol. The van der Waals surface area contributed by atoms with Crippen LogP contribution in [0.5, 0.6) is 0 Å². The van der Waals surface area contributed by atoms with Gasteiger partial charge in [0.15, 0.2) is 5.71 Å². The number of hydrogen-bond donors (Lipinski definition) is 1. The number of nitrogens with zero attached hydrogens (tertiary/aromatic N) is 2. The van der Waals surface area contributed by atoms with Crippen molar-refractivity contribution in [3.8, 4) is 0 Å². The van der Waals surface area contributed by atoms with Gasteiger partial charge in [-0.2, -0.15) is 13.2 Å². The Bertz CT molecular complexity index is 737. The molecule has 1 aliphatic rings. The fourth-order valence-electron chi connectivity index (χ4n) is 2.85. The molecule has 2 heterocycles. The Hall–Kier alpha value is -2.11. The van der Waals surface area contributed by atoms with Crippen LogP contribution in [0.2, 0.25) is 0 Å². The molecule has 0 radical (unpaired) electrons. The molecule has 3 rings (SSSR count). The molecule has 6 heteroatoms. The first-order valence-corrected chi connectivity index (χ1v) is 7.80. The minimum atomic E-state index is -4.48. The van der Waals surface area contributed by atoms with Crippen molar-refractivity contribution in [1.82, 2.24) is 4.98 Å². The molecule has 1 aromatic heterocycles. The molecule has 122 valence electrons. The van der Waals surface area contributed by atoms with Crippen LogP contribution in [0.25, 0.3) is 10.9 Å². The van der Waals surface area contributed by atoms with Gasteiger partial charge in [0.2, 0.25) is 0 Å². The Morgan fingerprint density at radius 1 is 1.17 bits per heavy atom. The van der Waals surface area contributed by atoms with E-state index in [0.29, 0.717) is 23.0 Å². The minimum absolute atomic E-state index is 0.0305. The molecule has 0 bridgehead atoms. The first-order chi connectivity index (χ1) is 11.0. The van der Waals surface area contributed by atoms with Crippen LogP contribution < -0.4 is 5.32 Å². The van der Waals surface area contributed by atoms with Crippen molar-refractivity contribution in [2.45, 2.75) is 44.9 Å². The van der Waals surface area contributed by atoms with Crippen molar-refractivity contribution < 1.29 is 13.2 Å². The summed E-state index contributed by atoms with van der Waals surface area (Å²) in [4.78, 5) is 8.05. The highest BCUT2D eigenvalue weighted by atomic mass is 19.4. The summed E-state index contributed by atoms with van der Waals surface area (Å²) in [5.41, 5.74) is 0.364. The Morgan fingerprint density at radius 3 is 2.70 bits per heavy atom. The van der Waals surface area contributed by atoms with E-state index in [4.69, 9.17) is 0 Å². The lowest BCUT2D eigenvalue weighted by atomic mass is 10.0. The van der Waals surface area contributed by atoms with E-state index in [0.717, 1.165) is 19.3 Å². The van der Waals surface area contributed by atoms with Gasteiger partial charge in [-0.3, -0.25) is 9.98 Å². The highest BCUT2D eigenvalue weighted by molar-refractivity contribution is 6.14. The van der Waals surface area contributed by atoms with Crippen molar-refractivity contribution >= 4 is 22.3 Å². The van der Waals surface area contributed by atoms with E-state index in [-0.39, 0.29) is 5.56 Å². The number of para-hydroxylation sites is 1. The Balaban J connectivity index is 2.06. The zero-order valence-electron chi connectivity index (χ0n) is 12.8. The molecule has 0 fully saturated rings. The molecule has 0 amide bonds. The third kappa shape index (κ3) is 3.16. The number of aliphatic imine (C=N–C) groups is 1. The summed E-state index contributed by atoms with van der Waals surface area (Å²) in [5.74, 6) is 0. The number of anilines is 1. The Kier molecular flexibility index (Phi) is 4.24. The fourth-order valence-corrected chi connectivity index (χ4v) is 2.85. The average Bonchev–Trinajstić information content (AvgIpc) is 2.53. The highest BCUT2D eigenvalue weighted by Gasteiger charge is 2.41. The number of pyridine rings is 1. The number of benzene rings is 1. The summed E-state index contributed by atoms with van der Waals surface area (Å²) >= 11 is 0. The number of rotatable bonds is 4. The van der Waals surface area contributed by atoms with Gasteiger partial charge in [-0.25, -0.2) is 0 Å². The van der Waals surface area contributed by atoms with E-state index >= 15 is 0 Å². The summed E-state index contributed by atoms with van der Waals surface area (Å²) in [5, 5.41) is 3.87. The molecule has 1 aromatic carbocycles. The third-order valence-electron chi connectivity index (χ3n) is 3.98. The van der Waals surface area contributed by atoms with Crippen molar-refractivity contribution in [3.05, 3.63) is 36.0 Å². The number of unbranched alkanes of at least 4 members (excludes halogenated alkanes) is 2. The van der Waals surface area contributed by atoms with Crippen LogP contribution in [0.15, 0.2) is 35.5 Å². The quantitative estimate of drug-likeness (QED) is 0.812. The zero-order valence-corrected chi connectivity index (χ0v) is 12.8. The lowest BCUT2D eigenvalue weighted by Gasteiger charge is -2.27. The maximum absolute atomic E-state index is 13.4. The van der Waals surface area contributed by atoms with Crippen LogP contribution in [-0.2, 0) is 0 Å². The van der Waals surface area contributed by atoms with Crippen molar-refractivity contribution in [1.29, 1.82) is 0 Å². The second-order valence-electron chi connectivity index (χ2n) is 5.70. The van der Waals surface area contributed by atoms with Gasteiger partial charge in [-0.05, 0) is 18.9 Å². The predicted octanol–water partition coefficient (Wildman–Crippen LogP) is 4.92. The molecular formula is C17H18F3N3. The van der Waals surface area contributed by atoms with Crippen molar-refractivity contribution in [2.75, 3.05) is 5.32 Å². The molecular weight excluding hydrogens is 303 g/mol. The first kappa shape index (κ1) is 15.8. The van der Waals surface area contributed by atoms with Crippen molar-refractivity contribution in [3.63, 3.8) is 0 Å². The van der Waals surface area contributed by atoms with Crippen LogP contribution in [0.3, 0.4) is 0 Å². The molecule has 1 atom stereocenters. The van der Waals surface area contributed by atoms with Gasteiger partial charge in [-0.1, -0.05) is 38.0 Å². The molecule has 0 spiro atoms. The molecule has 2 aromatic rings. The van der Waals surface area contributed by atoms with Gasteiger partial charge in [0, 0.05) is 17.1 Å². The molecule has 0 aliphatic carbocycles. The topological polar surface area (TPSA) is 37.3 Å². The van der Waals surface area contributed by atoms with E-state index in [2.05, 4.69) is 22.2 Å². The Labute approximate surface area is 132 Å². The third-order valence-corrected chi connectivity index (χ3v) is 3.98. The normalized spacial score (nSPS) is 17.6. The number of hydrogen-bond acceptors (Lipinski definition) is 3. The van der Waals surface area contributed by atoms with E-state index in [9.17, 15) is 13.2 Å². The van der Waals surface area contributed by atoms with Gasteiger partial charge in [0.05, 0.1) is 11.2 Å². The second-order valence-corrected chi connectivity index (χ2v) is 5.70. The lowest BCUT2D eigenvalue weighted by molar-refractivity contribution is -0.0585. The Morgan fingerprint density at radius 2 is 1.96 bits per heavy atom. The molecule has 0 saturated heterocycles. The van der Waals surface area contributed by atoms with Crippen LogP contribution >= 0.6 is 0 Å². The summed E-state index contributed by atoms with van der Waals surface area (Å²) in [7, 11) is 0. The first-order valence-electron chi connectivity index (χ1n) is 7.80. The fraction of sp³-hybridized carbons (Fsp3) is 0.412. The summed E-state index contributed by atoms with van der Waals surface area (Å²) in [6, 6.07) is 7.21. The number of fused-ring (bicyclic) bond motifs is 3. The molecule has 1 aliphatic heterocycles. The largest absolute Gasteiger partial charge is 0.433 e. The van der Waals surface area contributed by atoms with E-state index in [1.54, 1.807) is 18.2 Å². The summed E-state index contributed by atoms with van der Waals surface area (Å²) in [6.45, 7) is 2.06. The van der Waals surface area contributed by atoms with E-state index in [1.165, 1.54) is 6.20 Å². The van der Waals surface area contributed by atoms with Gasteiger partial charge < -0.3 is 5.32 Å². The molecule has 3 nitrogen and oxygen atoms in total. The van der Waals surface area contributed by atoms with E-state index < -0.39 is 18.1 Å². The van der Waals surface area contributed by atoms with Crippen LogP contribution in [0.1, 0.15) is 38.2 Å². The van der Waals surface area contributed by atoms with Crippen LogP contribution in [0.4, 0.5) is 18.9 Å². The van der Waals surface area contributed by atoms with Gasteiger partial charge in [0.25, 0.3) is 0 Å². The smallest absolute Gasteiger partial charge is 0.363 e. The average molecular weight is 321 g/mol. The standard InChI is InChI=1S/C17H18F3N3/c1-2-3-4-9-14-22-15-11-7-5-6-8-13(11)21-10-12(15)16(23-14)17(18,19)20/h5-8,10,14,22H,2-4,9H2,1H3. The van der Waals surface area contributed by atoms with Gasteiger partial charge in [0.1, 0.15) is 6.17 Å². The summed E-state index contributed by atoms with van der Waals surface area (Å²) < 4.78 is 40.2. The SMILES string of the molecule is CCCCCC1N=C(C(F)(F)F)c2cnc3ccccc3c2N1.